The molecule has 4 nitrogen and oxygen atoms in total. The predicted molar refractivity (Wildman–Crippen MR) is 32.2 cm³/mol. The van der Waals surface area contributed by atoms with Crippen LogP contribution in [0.4, 0.5) is 0 Å². The van der Waals surface area contributed by atoms with Crippen LogP contribution < -0.4 is 0 Å². The summed E-state index contributed by atoms with van der Waals surface area (Å²) in [7, 11) is 0. The largest absolute Gasteiger partial charge is 0.444 e. The Balaban J connectivity index is 2.67. The van der Waals surface area contributed by atoms with Crippen molar-refractivity contribution in [3.05, 3.63) is 18.2 Å². The van der Waals surface area contributed by atoms with E-state index in [0.29, 0.717) is 11.3 Å². The van der Waals surface area contributed by atoms with Crippen molar-refractivity contribution in [1.29, 1.82) is 0 Å². The molecule has 2 rings (SSSR count). The SMILES string of the molecule is OCc1nc2occc2o1. The number of aromatic nitrogens is 1. The van der Waals surface area contributed by atoms with Crippen LogP contribution in [0.15, 0.2) is 21.2 Å². The molecule has 0 bridgehead atoms. The van der Waals surface area contributed by atoms with E-state index in [1.54, 1.807) is 6.07 Å². The molecule has 0 aliphatic carbocycles. The fourth-order valence-electron chi connectivity index (χ4n) is 0.779. The molecule has 2 aromatic heterocycles. The number of nitrogens with zero attached hydrogens (tertiary/aromatic N) is 1. The first-order valence-electron chi connectivity index (χ1n) is 2.84. The molecule has 0 unspecified atom stereocenters. The van der Waals surface area contributed by atoms with Crippen molar-refractivity contribution in [2.45, 2.75) is 6.61 Å². The molecule has 0 aliphatic rings. The Labute approximate surface area is 56.1 Å². The van der Waals surface area contributed by atoms with Gasteiger partial charge in [-0.15, -0.1) is 0 Å². The lowest BCUT2D eigenvalue weighted by Crippen LogP contribution is -1.78. The third kappa shape index (κ3) is 0.625. The minimum Gasteiger partial charge on any atom is -0.444 e. The van der Waals surface area contributed by atoms with Gasteiger partial charge < -0.3 is 13.9 Å². The zero-order chi connectivity index (χ0) is 6.97. The monoisotopic (exact) mass is 139 g/mol. The first kappa shape index (κ1) is 5.49. The smallest absolute Gasteiger partial charge is 0.265 e. The number of aliphatic hydroxyl groups is 1. The molecule has 0 saturated heterocycles. The lowest BCUT2D eigenvalue weighted by molar-refractivity contribution is 0.243. The topological polar surface area (TPSA) is 59.4 Å². The second-order valence-electron chi connectivity index (χ2n) is 1.86. The van der Waals surface area contributed by atoms with Crippen LogP contribution in [0.1, 0.15) is 5.89 Å². The zero-order valence-electron chi connectivity index (χ0n) is 5.07. The van der Waals surface area contributed by atoms with Crippen molar-refractivity contribution in [2.75, 3.05) is 0 Å². The molecule has 10 heavy (non-hydrogen) atoms. The lowest BCUT2D eigenvalue weighted by atomic mass is 10.6. The van der Waals surface area contributed by atoms with Crippen molar-refractivity contribution in [2.24, 2.45) is 0 Å². The summed E-state index contributed by atoms with van der Waals surface area (Å²) in [5.41, 5.74) is 1.01. The fraction of sp³-hybridized carbons (Fsp3) is 0.167. The van der Waals surface area contributed by atoms with E-state index in [1.807, 2.05) is 0 Å². The molecule has 0 spiro atoms. The Morgan fingerprint density at radius 3 is 3.20 bits per heavy atom. The van der Waals surface area contributed by atoms with Crippen LogP contribution in [-0.2, 0) is 6.61 Å². The Morgan fingerprint density at radius 1 is 1.60 bits per heavy atom. The first-order chi connectivity index (χ1) is 4.90. The standard InChI is InChI=1S/C6H5NO3/c8-3-5-7-6-4(10-5)1-2-9-6/h1-2,8H,3H2. The maximum atomic E-state index is 8.56. The van der Waals surface area contributed by atoms with Crippen LogP contribution in [0.25, 0.3) is 11.3 Å². The Morgan fingerprint density at radius 2 is 2.50 bits per heavy atom. The van der Waals surface area contributed by atoms with Gasteiger partial charge >= 0.3 is 0 Å². The summed E-state index contributed by atoms with van der Waals surface area (Å²) < 4.78 is 9.89. The minimum absolute atomic E-state index is 0.190. The minimum atomic E-state index is -0.190. The molecule has 0 amide bonds. The van der Waals surface area contributed by atoms with Crippen LogP contribution in [0, 0.1) is 0 Å². The molecule has 0 aromatic carbocycles. The van der Waals surface area contributed by atoms with E-state index in [0.717, 1.165) is 0 Å². The molecule has 4 heteroatoms. The highest BCUT2D eigenvalue weighted by Gasteiger charge is 2.05. The van der Waals surface area contributed by atoms with Gasteiger partial charge in [0.05, 0.1) is 6.26 Å². The summed E-state index contributed by atoms with van der Waals surface area (Å²) in [4.78, 5) is 3.81. The average molecular weight is 139 g/mol. The Hall–Kier alpha value is -1.29. The highest BCUT2D eigenvalue weighted by Crippen LogP contribution is 2.15. The molecule has 0 saturated carbocycles. The molecule has 0 fully saturated rings. The number of aliphatic hydroxyl groups excluding tert-OH is 1. The van der Waals surface area contributed by atoms with Crippen molar-refractivity contribution in [1.82, 2.24) is 4.98 Å². The number of hydrogen-bond acceptors (Lipinski definition) is 4. The van der Waals surface area contributed by atoms with E-state index < -0.39 is 0 Å². The van der Waals surface area contributed by atoms with Crippen LogP contribution >= 0.6 is 0 Å². The molecule has 2 heterocycles. The van der Waals surface area contributed by atoms with Gasteiger partial charge in [0.15, 0.2) is 5.58 Å². The molecule has 0 aliphatic heterocycles. The van der Waals surface area contributed by atoms with Crippen molar-refractivity contribution < 1.29 is 13.9 Å². The number of hydrogen-bond donors (Lipinski definition) is 1. The molecule has 1 N–H and O–H groups in total. The van der Waals surface area contributed by atoms with Crippen LogP contribution in [-0.4, -0.2) is 10.1 Å². The summed E-state index contributed by atoms with van der Waals surface area (Å²) in [5.74, 6) is 0.286. The summed E-state index contributed by atoms with van der Waals surface area (Å²) in [5, 5.41) is 8.56. The molecule has 0 radical (unpaired) electrons. The van der Waals surface area contributed by atoms with E-state index in [4.69, 9.17) is 13.9 Å². The maximum Gasteiger partial charge on any atom is 0.265 e. The second-order valence-corrected chi connectivity index (χ2v) is 1.86. The van der Waals surface area contributed by atoms with Gasteiger partial charge in [-0.05, 0) is 0 Å². The number of fused-ring (bicyclic) bond motifs is 1. The fourth-order valence-corrected chi connectivity index (χ4v) is 0.779. The van der Waals surface area contributed by atoms with Crippen LogP contribution in [0.5, 0.6) is 0 Å². The molecular weight excluding hydrogens is 134 g/mol. The lowest BCUT2D eigenvalue weighted by Gasteiger charge is -1.79. The predicted octanol–water partition coefficient (Wildman–Crippen LogP) is 0.913. The average Bonchev–Trinajstić information content (AvgIpc) is 2.42. The van der Waals surface area contributed by atoms with Gasteiger partial charge in [0.1, 0.15) is 6.61 Å². The summed E-state index contributed by atoms with van der Waals surface area (Å²) >= 11 is 0. The van der Waals surface area contributed by atoms with Crippen LogP contribution in [0.2, 0.25) is 0 Å². The summed E-state index contributed by atoms with van der Waals surface area (Å²) in [6, 6.07) is 1.65. The molecule has 2 aromatic rings. The maximum absolute atomic E-state index is 8.56. The van der Waals surface area contributed by atoms with E-state index in [9.17, 15) is 0 Å². The van der Waals surface area contributed by atoms with Gasteiger partial charge in [0.2, 0.25) is 5.89 Å². The third-order valence-corrected chi connectivity index (χ3v) is 1.20. The van der Waals surface area contributed by atoms with Crippen molar-refractivity contribution in [3.63, 3.8) is 0 Å². The Bertz CT molecular complexity index is 307. The highest BCUT2D eigenvalue weighted by atomic mass is 16.4. The first-order valence-corrected chi connectivity index (χ1v) is 2.84. The molecule has 52 valence electrons. The number of rotatable bonds is 1. The number of furan rings is 1. The van der Waals surface area contributed by atoms with E-state index in [2.05, 4.69) is 4.98 Å². The summed E-state index contributed by atoms with van der Waals surface area (Å²) in [6.45, 7) is -0.190. The van der Waals surface area contributed by atoms with E-state index >= 15 is 0 Å². The van der Waals surface area contributed by atoms with E-state index in [-0.39, 0.29) is 12.5 Å². The van der Waals surface area contributed by atoms with Gasteiger partial charge in [-0.3, -0.25) is 0 Å². The second kappa shape index (κ2) is 1.85. The quantitative estimate of drug-likeness (QED) is 0.638. The van der Waals surface area contributed by atoms with Gasteiger partial charge in [0.25, 0.3) is 5.71 Å². The van der Waals surface area contributed by atoms with Gasteiger partial charge in [-0.2, -0.15) is 4.98 Å². The third-order valence-electron chi connectivity index (χ3n) is 1.20. The Kier molecular flexibility index (Phi) is 1.01. The van der Waals surface area contributed by atoms with Gasteiger partial charge in [0, 0.05) is 6.07 Å². The van der Waals surface area contributed by atoms with Crippen molar-refractivity contribution in [3.8, 4) is 0 Å². The van der Waals surface area contributed by atoms with Crippen LogP contribution in [0.3, 0.4) is 0 Å². The van der Waals surface area contributed by atoms with Gasteiger partial charge in [-0.25, -0.2) is 0 Å². The normalized spacial score (nSPS) is 10.9. The number of oxazole rings is 1. The zero-order valence-corrected chi connectivity index (χ0v) is 5.07. The molecule has 0 atom stereocenters. The highest BCUT2D eigenvalue weighted by molar-refractivity contribution is 5.65. The molecular formula is C6H5NO3. The van der Waals surface area contributed by atoms with Crippen molar-refractivity contribution >= 4 is 11.3 Å². The van der Waals surface area contributed by atoms with Gasteiger partial charge in [-0.1, -0.05) is 0 Å². The summed E-state index contributed by atoms with van der Waals surface area (Å²) in [6.07, 6.45) is 1.49. The van der Waals surface area contributed by atoms with E-state index in [1.165, 1.54) is 6.26 Å².